The molecular weight excluding hydrogens is 489 g/mol. The molecule has 175 valence electrons. The summed E-state index contributed by atoms with van der Waals surface area (Å²) in [6.45, 7) is 10.6. The van der Waals surface area contributed by atoms with Crippen LogP contribution in [0.3, 0.4) is 0 Å². The Labute approximate surface area is 207 Å². The second kappa shape index (κ2) is 26.0. The van der Waals surface area contributed by atoms with E-state index in [9.17, 15) is 38.4 Å². The summed E-state index contributed by atoms with van der Waals surface area (Å²) in [4.78, 5) is 91.7. The molecule has 0 aliphatic carbocycles. The first-order valence-electron chi connectivity index (χ1n) is 8.31. The predicted molar refractivity (Wildman–Crippen MR) is 107 cm³/mol. The van der Waals surface area contributed by atoms with E-state index in [0.717, 1.165) is 13.8 Å². The summed E-state index contributed by atoms with van der Waals surface area (Å²) in [5, 5.41) is 0. The van der Waals surface area contributed by atoms with E-state index in [2.05, 4.69) is 0 Å². The van der Waals surface area contributed by atoms with Crippen LogP contribution >= 0.6 is 0 Å². The SMILES string of the molecule is CC(=O)C(=O)C(C)C(C)=O.CC(=O)C(=O)CC(=O)C(C)=O.C[C-]=O.C[CH-]C(C)=O.O.[Y]. The van der Waals surface area contributed by atoms with Crippen LogP contribution in [0.25, 0.3) is 0 Å². The van der Waals surface area contributed by atoms with Crippen LogP contribution in [0.2, 0.25) is 0 Å². The van der Waals surface area contributed by atoms with Crippen molar-refractivity contribution >= 4 is 52.6 Å². The second-order valence-corrected chi connectivity index (χ2v) is 5.49. The van der Waals surface area contributed by atoms with Crippen molar-refractivity contribution in [2.24, 2.45) is 5.92 Å². The van der Waals surface area contributed by atoms with Gasteiger partial charge in [-0.05, 0) is 26.6 Å². The minimum absolute atomic E-state index is 0. The van der Waals surface area contributed by atoms with E-state index in [-0.39, 0.29) is 49.8 Å². The summed E-state index contributed by atoms with van der Waals surface area (Å²) in [6, 6.07) is 0. The fourth-order valence-corrected chi connectivity index (χ4v) is 0.884. The first-order valence-corrected chi connectivity index (χ1v) is 8.31. The van der Waals surface area contributed by atoms with Crippen molar-refractivity contribution < 1.29 is 81.3 Å². The summed E-state index contributed by atoms with van der Waals surface area (Å²) in [6.07, 6.45) is 2.44. The summed E-state index contributed by atoms with van der Waals surface area (Å²) < 4.78 is 0. The number of hydrogen-bond donors (Lipinski definition) is 0. The molecule has 11 heteroatoms. The number of rotatable bonds is 8. The van der Waals surface area contributed by atoms with Gasteiger partial charge in [0, 0.05) is 53.5 Å². The quantitative estimate of drug-likeness (QED) is 0.244. The van der Waals surface area contributed by atoms with Crippen LogP contribution in [0.1, 0.15) is 61.8 Å². The Balaban J connectivity index is -0.0000000721. The predicted octanol–water partition coefficient (Wildman–Crippen LogP) is 0.151. The number of Topliss-reactive ketones (excluding diaryl/α,β-unsaturated/α-hetero) is 8. The van der Waals surface area contributed by atoms with E-state index in [1.807, 2.05) is 0 Å². The molecule has 0 fully saturated rings. The molecule has 1 radical (unpaired) electrons. The zero-order valence-electron chi connectivity index (χ0n) is 19.1. The molecule has 0 aromatic heterocycles. The third-order valence-corrected chi connectivity index (χ3v) is 2.86. The zero-order chi connectivity index (χ0) is 24.3. The van der Waals surface area contributed by atoms with Gasteiger partial charge < -0.3 is 21.5 Å². The van der Waals surface area contributed by atoms with Gasteiger partial charge >= 0.3 is 0 Å². The molecule has 0 saturated heterocycles. The van der Waals surface area contributed by atoms with Crippen molar-refractivity contribution in [3.63, 3.8) is 0 Å². The van der Waals surface area contributed by atoms with Crippen molar-refractivity contribution in [3.8, 4) is 0 Å². The van der Waals surface area contributed by atoms with Gasteiger partial charge in [0.05, 0.1) is 12.3 Å². The minimum Gasteiger partial charge on any atom is -0.542 e. The Morgan fingerprint density at radius 2 is 1.03 bits per heavy atom. The Kier molecular flexibility index (Phi) is 36.0. The molecule has 2 N–H and O–H groups in total. The van der Waals surface area contributed by atoms with Gasteiger partial charge in [-0.15, -0.1) is 0 Å². The molecule has 0 aromatic rings. The van der Waals surface area contributed by atoms with Gasteiger partial charge in [-0.25, -0.2) is 0 Å². The molecule has 0 aromatic carbocycles. The van der Waals surface area contributed by atoms with E-state index < -0.39 is 47.0 Å². The number of carbonyl (C=O) groups excluding carboxylic acids is 9. The van der Waals surface area contributed by atoms with Crippen molar-refractivity contribution in [2.45, 2.75) is 61.8 Å². The Bertz CT molecular complexity index is 626. The maximum absolute atomic E-state index is 10.7. The Hall–Kier alpha value is -2.04. The van der Waals surface area contributed by atoms with E-state index in [4.69, 9.17) is 4.79 Å². The molecular formula is C20H30O10Y-2. The Morgan fingerprint density at radius 3 is 1.13 bits per heavy atom. The van der Waals surface area contributed by atoms with Gasteiger partial charge in [0.1, 0.15) is 5.78 Å². The molecule has 1 unspecified atom stereocenters. The normalized spacial score (nSPS) is 8.65. The van der Waals surface area contributed by atoms with Crippen molar-refractivity contribution in [2.75, 3.05) is 0 Å². The van der Waals surface area contributed by atoms with E-state index in [1.54, 1.807) is 6.92 Å². The van der Waals surface area contributed by atoms with Gasteiger partial charge in [-0.1, -0.05) is 0 Å². The molecule has 0 heterocycles. The first kappa shape index (κ1) is 42.9. The summed E-state index contributed by atoms with van der Waals surface area (Å²) >= 11 is 0. The summed E-state index contributed by atoms with van der Waals surface area (Å²) in [7, 11) is 0. The molecule has 1 atom stereocenters. The topological polar surface area (TPSA) is 185 Å². The number of ketones is 8. The molecule has 10 nitrogen and oxygen atoms in total. The van der Waals surface area contributed by atoms with Crippen LogP contribution in [0, 0.1) is 12.3 Å². The average molecular weight is 519 g/mol. The van der Waals surface area contributed by atoms with Gasteiger partial charge in [-0.3, -0.25) is 39.8 Å². The molecule has 0 spiro atoms. The number of hydrogen-bond acceptors (Lipinski definition) is 9. The van der Waals surface area contributed by atoms with Gasteiger partial charge in [-0.2, -0.15) is 13.8 Å². The minimum atomic E-state index is -0.815. The second-order valence-electron chi connectivity index (χ2n) is 5.49. The molecule has 31 heavy (non-hydrogen) atoms. The smallest absolute Gasteiger partial charge is 0.208 e. The summed E-state index contributed by atoms with van der Waals surface area (Å²) in [5.74, 6) is -5.08. The zero-order valence-corrected chi connectivity index (χ0v) is 22.0. The monoisotopic (exact) mass is 519 g/mol. The van der Waals surface area contributed by atoms with E-state index in [1.165, 1.54) is 47.3 Å². The fourth-order valence-electron chi connectivity index (χ4n) is 0.884. The van der Waals surface area contributed by atoms with Crippen LogP contribution in [-0.2, 0) is 75.9 Å². The average Bonchev–Trinajstić information content (AvgIpc) is 2.61. The first-order chi connectivity index (χ1) is 13.1. The Morgan fingerprint density at radius 1 is 0.774 bits per heavy atom. The van der Waals surface area contributed by atoms with Crippen LogP contribution in [0.4, 0.5) is 0 Å². The van der Waals surface area contributed by atoms with E-state index in [0.29, 0.717) is 0 Å². The van der Waals surface area contributed by atoms with Gasteiger partial charge in [0.25, 0.3) is 0 Å². The van der Waals surface area contributed by atoms with Crippen LogP contribution in [0.15, 0.2) is 0 Å². The van der Waals surface area contributed by atoms with Gasteiger partial charge in [0.2, 0.25) is 17.3 Å². The maximum Gasteiger partial charge on any atom is 0.208 e. The maximum atomic E-state index is 10.7. The van der Waals surface area contributed by atoms with Crippen molar-refractivity contribution in [3.05, 3.63) is 6.42 Å². The molecule has 0 bridgehead atoms. The third-order valence-electron chi connectivity index (χ3n) is 2.86. The number of carbonyl (C=O) groups is 8. The standard InChI is InChI=1S/C7H8O4.C7H10O3.C4H7O.C2H3O.H2O.Y/c1-4(8)6(10)3-7(11)5(2)9;1-4(5(2)8)7(10)6(3)9;1-3-4(2)5;1-2-3;;/h3H2,1-2H3;4H,1-3H3;3H,1-2H3;1H3;1H2;/q;;2*-1;;. The largest absolute Gasteiger partial charge is 0.542 e. The fraction of sp³-hybridized carbons (Fsp3) is 0.500. The van der Waals surface area contributed by atoms with Crippen molar-refractivity contribution in [1.29, 1.82) is 0 Å². The molecule has 0 amide bonds. The third kappa shape index (κ3) is 32.8. The molecule has 0 aliphatic heterocycles. The van der Waals surface area contributed by atoms with Crippen LogP contribution in [-0.4, -0.2) is 58.0 Å². The summed E-state index contributed by atoms with van der Waals surface area (Å²) in [5.41, 5.74) is 0. The molecule has 0 aliphatic rings. The van der Waals surface area contributed by atoms with Crippen LogP contribution in [0.5, 0.6) is 0 Å². The van der Waals surface area contributed by atoms with Crippen LogP contribution < -0.4 is 0 Å². The van der Waals surface area contributed by atoms with Gasteiger partial charge in [0.15, 0.2) is 17.3 Å². The van der Waals surface area contributed by atoms with E-state index >= 15 is 0 Å². The molecule has 0 saturated carbocycles. The van der Waals surface area contributed by atoms with Crippen molar-refractivity contribution in [1.82, 2.24) is 0 Å². The molecule has 0 rings (SSSR count).